The lowest BCUT2D eigenvalue weighted by atomic mass is 10.2. The van der Waals surface area contributed by atoms with Crippen molar-refractivity contribution in [1.82, 2.24) is 15.3 Å². The Morgan fingerprint density at radius 2 is 1.90 bits per heavy atom. The van der Waals surface area contributed by atoms with Gasteiger partial charge in [-0.15, -0.1) is 0 Å². The first-order valence-corrected chi connectivity index (χ1v) is 6.65. The van der Waals surface area contributed by atoms with Gasteiger partial charge in [-0.05, 0) is 23.8 Å². The average molecular weight is 283 g/mol. The van der Waals surface area contributed by atoms with Gasteiger partial charge in [-0.3, -0.25) is 4.79 Å². The van der Waals surface area contributed by atoms with Crippen molar-refractivity contribution in [3.63, 3.8) is 0 Å². The Balaban J connectivity index is 1.76. The van der Waals surface area contributed by atoms with Gasteiger partial charge in [0.2, 0.25) is 0 Å². The van der Waals surface area contributed by atoms with Gasteiger partial charge in [0.15, 0.2) is 0 Å². The number of aromatic nitrogens is 2. The molecule has 2 aromatic carbocycles. The predicted octanol–water partition coefficient (Wildman–Crippen LogP) is 2.35. The number of hydrogen-bond donors (Lipinski definition) is 2. The molecular formula is C16H14FN3O. The minimum Gasteiger partial charge on any atom is -0.309 e. The van der Waals surface area contributed by atoms with E-state index in [1.165, 1.54) is 18.2 Å². The number of H-pyrrole nitrogens is 1. The molecular weight excluding hydrogens is 269 g/mol. The van der Waals surface area contributed by atoms with Gasteiger partial charge in [0.25, 0.3) is 5.56 Å². The van der Waals surface area contributed by atoms with Crippen LogP contribution >= 0.6 is 0 Å². The monoisotopic (exact) mass is 283 g/mol. The van der Waals surface area contributed by atoms with E-state index in [2.05, 4.69) is 15.3 Å². The Morgan fingerprint density at radius 1 is 1.10 bits per heavy atom. The molecule has 0 fully saturated rings. The highest BCUT2D eigenvalue weighted by molar-refractivity contribution is 5.77. The molecule has 4 nitrogen and oxygen atoms in total. The summed E-state index contributed by atoms with van der Waals surface area (Å²) in [5.74, 6) is 0.0970. The summed E-state index contributed by atoms with van der Waals surface area (Å²) in [5.41, 5.74) is 1.33. The standard InChI is InChI=1S/C16H14FN3O/c17-12-6-7-14-13(8-12)16(21)20-15(19-14)10-18-9-11-4-2-1-3-5-11/h1-8,18H,9-10H2,(H,19,20,21). The van der Waals surface area contributed by atoms with E-state index in [1.807, 2.05) is 30.3 Å². The number of aromatic amines is 1. The average Bonchev–Trinajstić information content (AvgIpc) is 2.49. The minimum atomic E-state index is -0.440. The van der Waals surface area contributed by atoms with Crippen molar-refractivity contribution >= 4 is 10.9 Å². The van der Waals surface area contributed by atoms with Crippen LogP contribution in [0, 0.1) is 5.82 Å². The highest BCUT2D eigenvalue weighted by Crippen LogP contribution is 2.09. The summed E-state index contributed by atoms with van der Waals surface area (Å²) in [7, 11) is 0. The first kappa shape index (κ1) is 13.5. The summed E-state index contributed by atoms with van der Waals surface area (Å²) in [4.78, 5) is 18.9. The Bertz CT molecular complexity index is 815. The molecule has 1 aromatic heterocycles. The Kier molecular flexibility index (Phi) is 3.75. The normalized spacial score (nSPS) is 10.9. The van der Waals surface area contributed by atoms with E-state index >= 15 is 0 Å². The van der Waals surface area contributed by atoms with Gasteiger partial charge in [-0.1, -0.05) is 30.3 Å². The molecule has 1 heterocycles. The second-order valence-electron chi connectivity index (χ2n) is 4.76. The fraction of sp³-hybridized carbons (Fsp3) is 0.125. The predicted molar refractivity (Wildman–Crippen MR) is 79.3 cm³/mol. The molecule has 5 heteroatoms. The van der Waals surface area contributed by atoms with Crippen LogP contribution in [0.3, 0.4) is 0 Å². The lowest BCUT2D eigenvalue weighted by molar-refractivity contribution is 0.629. The fourth-order valence-corrected chi connectivity index (χ4v) is 2.16. The molecule has 3 rings (SSSR count). The number of fused-ring (bicyclic) bond motifs is 1. The van der Waals surface area contributed by atoms with Gasteiger partial charge in [-0.2, -0.15) is 0 Å². The van der Waals surface area contributed by atoms with Crippen LogP contribution in [0.2, 0.25) is 0 Å². The Hall–Kier alpha value is -2.53. The molecule has 0 amide bonds. The molecule has 0 aliphatic rings. The van der Waals surface area contributed by atoms with Gasteiger partial charge >= 0.3 is 0 Å². The molecule has 106 valence electrons. The third kappa shape index (κ3) is 3.14. The van der Waals surface area contributed by atoms with Crippen molar-refractivity contribution in [2.24, 2.45) is 0 Å². The molecule has 0 saturated heterocycles. The van der Waals surface area contributed by atoms with Crippen molar-refractivity contribution in [1.29, 1.82) is 0 Å². The SMILES string of the molecule is O=c1[nH]c(CNCc2ccccc2)nc2ccc(F)cc12. The maximum absolute atomic E-state index is 13.1. The summed E-state index contributed by atoms with van der Waals surface area (Å²) in [6, 6.07) is 14.0. The van der Waals surface area contributed by atoms with Crippen LogP contribution in [0.5, 0.6) is 0 Å². The lowest BCUT2D eigenvalue weighted by Gasteiger charge is -2.05. The molecule has 0 aliphatic carbocycles. The van der Waals surface area contributed by atoms with Crippen LogP contribution in [0.15, 0.2) is 53.3 Å². The molecule has 0 bridgehead atoms. The van der Waals surface area contributed by atoms with E-state index < -0.39 is 5.82 Å². The van der Waals surface area contributed by atoms with E-state index in [0.29, 0.717) is 24.4 Å². The first-order chi connectivity index (χ1) is 10.2. The number of nitrogens with one attached hydrogen (secondary N) is 2. The van der Waals surface area contributed by atoms with Crippen LogP contribution < -0.4 is 10.9 Å². The van der Waals surface area contributed by atoms with Gasteiger partial charge in [0, 0.05) is 6.54 Å². The summed E-state index contributed by atoms with van der Waals surface area (Å²) >= 11 is 0. The zero-order valence-electron chi connectivity index (χ0n) is 11.3. The van der Waals surface area contributed by atoms with Crippen molar-refractivity contribution < 1.29 is 4.39 Å². The van der Waals surface area contributed by atoms with Crippen molar-refractivity contribution in [3.8, 4) is 0 Å². The quantitative estimate of drug-likeness (QED) is 0.772. The summed E-state index contributed by atoms with van der Waals surface area (Å²) in [6.07, 6.45) is 0. The van der Waals surface area contributed by atoms with E-state index in [4.69, 9.17) is 0 Å². The molecule has 0 radical (unpaired) electrons. The van der Waals surface area contributed by atoms with Crippen LogP contribution in [-0.4, -0.2) is 9.97 Å². The second-order valence-corrected chi connectivity index (χ2v) is 4.76. The molecule has 3 aromatic rings. The molecule has 0 saturated carbocycles. The van der Waals surface area contributed by atoms with E-state index in [1.54, 1.807) is 0 Å². The molecule has 0 spiro atoms. The smallest absolute Gasteiger partial charge is 0.258 e. The number of hydrogen-bond acceptors (Lipinski definition) is 3. The van der Waals surface area contributed by atoms with Crippen molar-refractivity contribution in [2.75, 3.05) is 0 Å². The van der Waals surface area contributed by atoms with Crippen LogP contribution in [0.1, 0.15) is 11.4 Å². The number of nitrogens with zero attached hydrogens (tertiary/aromatic N) is 1. The molecule has 21 heavy (non-hydrogen) atoms. The summed E-state index contributed by atoms with van der Waals surface area (Å²) in [5, 5.41) is 3.48. The first-order valence-electron chi connectivity index (χ1n) is 6.65. The summed E-state index contributed by atoms with van der Waals surface area (Å²) in [6.45, 7) is 1.13. The van der Waals surface area contributed by atoms with Gasteiger partial charge in [0.05, 0.1) is 17.4 Å². The zero-order valence-corrected chi connectivity index (χ0v) is 11.3. The van der Waals surface area contributed by atoms with Gasteiger partial charge < -0.3 is 10.3 Å². The van der Waals surface area contributed by atoms with E-state index in [9.17, 15) is 9.18 Å². The number of halogens is 1. The van der Waals surface area contributed by atoms with E-state index in [-0.39, 0.29) is 10.9 Å². The molecule has 0 aliphatic heterocycles. The van der Waals surface area contributed by atoms with Crippen LogP contribution in [0.4, 0.5) is 4.39 Å². The molecule has 0 atom stereocenters. The fourth-order valence-electron chi connectivity index (χ4n) is 2.16. The van der Waals surface area contributed by atoms with E-state index in [0.717, 1.165) is 5.56 Å². The topological polar surface area (TPSA) is 57.8 Å². The number of rotatable bonds is 4. The highest BCUT2D eigenvalue weighted by atomic mass is 19.1. The maximum atomic E-state index is 13.1. The highest BCUT2D eigenvalue weighted by Gasteiger charge is 2.04. The Labute approximate surface area is 120 Å². The summed E-state index contributed by atoms with van der Waals surface area (Å²) < 4.78 is 13.1. The van der Waals surface area contributed by atoms with Crippen molar-refractivity contribution in [2.45, 2.75) is 13.1 Å². The van der Waals surface area contributed by atoms with Gasteiger partial charge in [0.1, 0.15) is 11.6 Å². The minimum absolute atomic E-state index is 0.266. The number of benzene rings is 2. The lowest BCUT2D eigenvalue weighted by Crippen LogP contribution is -2.19. The molecule has 2 N–H and O–H groups in total. The zero-order chi connectivity index (χ0) is 14.7. The van der Waals surface area contributed by atoms with Crippen molar-refractivity contribution in [3.05, 3.63) is 76.1 Å². The third-order valence-corrected chi connectivity index (χ3v) is 3.18. The largest absolute Gasteiger partial charge is 0.309 e. The Morgan fingerprint density at radius 3 is 2.71 bits per heavy atom. The molecule has 0 unspecified atom stereocenters. The third-order valence-electron chi connectivity index (χ3n) is 3.18. The van der Waals surface area contributed by atoms with Crippen LogP contribution in [-0.2, 0) is 13.1 Å². The second kappa shape index (κ2) is 5.85. The maximum Gasteiger partial charge on any atom is 0.258 e. The van der Waals surface area contributed by atoms with Crippen LogP contribution in [0.25, 0.3) is 10.9 Å². The van der Waals surface area contributed by atoms with Gasteiger partial charge in [-0.25, -0.2) is 9.37 Å².